The van der Waals surface area contributed by atoms with Gasteiger partial charge in [-0.1, -0.05) is 6.07 Å². The second kappa shape index (κ2) is 6.23. The highest BCUT2D eigenvalue weighted by Crippen LogP contribution is 2.21. The summed E-state index contributed by atoms with van der Waals surface area (Å²) in [7, 11) is 0. The maximum absolute atomic E-state index is 13.3. The van der Waals surface area contributed by atoms with E-state index in [-0.39, 0.29) is 12.2 Å². The Bertz CT molecular complexity index is 943. The van der Waals surface area contributed by atoms with E-state index >= 15 is 0 Å². The molecular formula is C17H10BrFN2O2. The van der Waals surface area contributed by atoms with Crippen LogP contribution in [0, 0.1) is 17.1 Å². The van der Waals surface area contributed by atoms with E-state index in [2.05, 4.69) is 22.0 Å². The first-order valence-corrected chi connectivity index (χ1v) is 7.50. The molecule has 23 heavy (non-hydrogen) atoms. The monoisotopic (exact) mass is 372 g/mol. The van der Waals surface area contributed by atoms with Crippen molar-refractivity contribution >= 4 is 27.4 Å². The Morgan fingerprint density at radius 2 is 2.17 bits per heavy atom. The molecule has 2 aromatic heterocycles. The van der Waals surface area contributed by atoms with Crippen molar-refractivity contribution in [3.63, 3.8) is 0 Å². The lowest BCUT2D eigenvalue weighted by Crippen LogP contribution is -2.06. The predicted molar refractivity (Wildman–Crippen MR) is 85.3 cm³/mol. The summed E-state index contributed by atoms with van der Waals surface area (Å²) in [6.45, 7) is -0.0631. The van der Waals surface area contributed by atoms with Crippen LogP contribution in [0.2, 0.25) is 0 Å². The van der Waals surface area contributed by atoms with Crippen LogP contribution in [0.1, 0.15) is 21.5 Å². The third kappa shape index (κ3) is 2.96. The lowest BCUT2D eigenvalue weighted by molar-refractivity contribution is 0.0471. The van der Waals surface area contributed by atoms with Crippen LogP contribution in [0.5, 0.6) is 0 Å². The molecule has 0 saturated carbocycles. The standard InChI is InChI=1S/C17H10BrFN2O2/c18-15-5-4-12(19)7-13(15)17(22)23-10-11-9-21-6-2-1-3-16(21)14(11)8-20/h1-7,9H,10H2. The topological polar surface area (TPSA) is 54.5 Å². The number of halogens is 2. The van der Waals surface area contributed by atoms with Gasteiger partial charge in [0, 0.05) is 22.4 Å². The Labute approximate surface area is 139 Å². The first-order chi connectivity index (χ1) is 11.1. The highest BCUT2D eigenvalue weighted by atomic mass is 79.9. The molecule has 0 unspecified atom stereocenters. The van der Waals surface area contributed by atoms with Crippen LogP contribution in [-0.2, 0) is 11.3 Å². The largest absolute Gasteiger partial charge is 0.457 e. The third-order valence-corrected chi connectivity index (χ3v) is 4.07. The number of esters is 1. The lowest BCUT2D eigenvalue weighted by Gasteiger charge is -2.06. The van der Waals surface area contributed by atoms with Crippen LogP contribution < -0.4 is 0 Å². The molecule has 0 saturated heterocycles. The molecule has 2 heterocycles. The van der Waals surface area contributed by atoms with Gasteiger partial charge >= 0.3 is 5.97 Å². The predicted octanol–water partition coefficient (Wildman–Crippen LogP) is 4.07. The minimum Gasteiger partial charge on any atom is -0.457 e. The van der Waals surface area contributed by atoms with E-state index in [4.69, 9.17) is 4.74 Å². The smallest absolute Gasteiger partial charge is 0.339 e. The number of hydrogen-bond donors (Lipinski definition) is 0. The van der Waals surface area contributed by atoms with Gasteiger partial charge < -0.3 is 9.14 Å². The van der Waals surface area contributed by atoms with Crippen LogP contribution in [0.25, 0.3) is 5.52 Å². The molecule has 0 aliphatic carbocycles. The molecule has 0 aliphatic heterocycles. The number of fused-ring (bicyclic) bond motifs is 1. The fraction of sp³-hybridized carbons (Fsp3) is 0.0588. The summed E-state index contributed by atoms with van der Waals surface area (Å²) in [4.78, 5) is 12.1. The van der Waals surface area contributed by atoms with E-state index in [0.29, 0.717) is 15.6 Å². The molecular weight excluding hydrogens is 363 g/mol. The van der Waals surface area contributed by atoms with Crippen LogP contribution >= 0.6 is 15.9 Å². The molecule has 0 fully saturated rings. The normalized spacial score (nSPS) is 10.5. The highest BCUT2D eigenvalue weighted by molar-refractivity contribution is 9.10. The van der Waals surface area contributed by atoms with Gasteiger partial charge in [-0.25, -0.2) is 9.18 Å². The number of pyridine rings is 1. The summed E-state index contributed by atoms with van der Waals surface area (Å²) in [5.74, 6) is -1.18. The number of ether oxygens (including phenoxy) is 1. The average Bonchev–Trinajstić information content (AvgIpc) is 2.92. The Morgan fingerprint density at radius 1 is 1.35 bits per heavy atom. The minimum absolute atomic E-state index is 0.0631. The molecule has 3 aromatic rings. The van der Waals surface area contributed by atoms with Gasteiger partial charge in [0.15, 0.2) is 0 Å². The SMILES string of the molecule is N#Cc1c(COC(=O)c2cc(F)ccc2Br)cn2ccccc12. The number of carbonyl (C=O) groups excluding carboxylic acids is 1. The Kier molecular flexibility index (Phi) is 4.13. The number of benzene rings is 1. The molecule has 3 rings (SSSR count). The zero-order valence-electron chi connectivity index (χ0n) is 11.8. The van der Waals surface area contributed by atoms with Gasteiger partial charge in [0.05, 0.1) is 16.6 Å². The summed E-state index contributed by atoms with van der Waals surface area (Å²) < 4.78 is 20.7. The number of aromatic nitrogens is 1. The molecule has 0 aliphatic rings. The van der Waals surface area contributed by atoms with Crippen molar-refractivity contribution in [3.8, 4) is 6.07 Å². The quantitative estimate of drug-likeness (QED) is 0.651. The maximum Gasteiger partial charge on any atom is 0.339 e. The van der Waals surface area contributed by atoms with Crippen molar-refractivity contribution in [1.82, 2.24) is 4.40 Å². The highest BCUT2D eigenvalue weighted by Gasteiger charge is 2.15. The first-order valence-electron chi connectivity index (χ1n) is 6.71. The zero-order valence-corrected chi connectivity index (χ0v) is 13.4. The summed E-state index contributed by atoms with van der Waals surface area (Å²) in [5, 5.41) is 9.31. The number of hydrogen-bond acceptors (Lipinski definition) is 3. The number of carbonyl (C=O) groups is 1. The second-order valence-electron chi connectivity index (χ2n) is 4.83. The number of nitriles is 1. The molecule has 0 radical (unpaired) electrons. The molecule has 0 amide bonds. The van der Waals surface area contributed by atoms with Gasteiger partial charge in [0.25, 0.3) is 0 Å². The van der Waals surface area contributed by atoms with Crippen LogP contribution in [0.15, 0.2) is 53.3 Å². The van der Waals surface area contributed by atoms with Gasteiger partial charge in [-0.15, -0.1) is 0 Å². The summed E-state index contributed by atoms with van der Waals surface area (Å²) in [6, 6.07) is 11.4. The van der Waals surface area contributed by atoms with Crippen molar-refractivity contribution in [1.29, 1.82) is 5.26 Å². The van der Waals surface area contributed by atoms with Crippen LogP contribution in [0.3, 0.4) is 0 Å². The van der Waals surface area contributed by atoms with E-state index < -0.39 is 11.8 Å². The van der Waals surface area contributed by atoms with Crippen molar-refractivity contribution in [2.24, 2.45) is 0 Å². The van der Waals surface area contributed by atoms with Crippen molar-refractivity contribution in [2.45, 2.75) is 6.61 Å². The fourth-order valence-electron chi connectivity index (χ4n) is 2.29. The number of rotatable bonds is 3. The average molecular weight is 373 g/mol. The molecule has 0 atom stereocenters. The Hall–Kier alpha value is -2.65. The van der Waals surface area contributed by atoms with E-state index in [9.17, 15) is 14.4 Å². The summed E-state index contributed by atoms with van der Waals surface area (Å²) >= 11 is 3.19. The summed E-state index contributed by atoms with van der Waals surface area (Å²) in [6.07, 6.45) is 3.55. The van der Waals surface area contributed by atoms with Gasteiger partial charge in [0.2, 0.25) is 0 Å². The van der Waals surface area contributed by atoms with Crippen LogP contribution in [-0.4, -0.2) is 10.4 Å². The van der Waals surface area contributed by atoms with E-state index in [1.807, 2.05) is 24.4 Å². The third-order valence-electron chi connectivity index (χ3n) is 3.38. The lowest BCUT2D eigenvalue weighted by atomic mass is 10.2. The molecule has 114 valence electrons. The minimum atomic E-state index is -0.657. The van der Waals surface area contributed by atoms with E-state index in [1.165, 1.54) is 12.1 Å². The Balaban J connectivity index is 1.85. The van der Waals surface area contributed by atoms with Gasteiger partial charge in [-0.3, -0.25) is 0 Å². The van der Waals surface area contributed by atoms with Crippen molar-refractivity contribution in [2.75, 3.05) is 0 Å². The van der Waals surface area contributed by atoms with Crippen molar-refractivity contribution < 1.29 is 13.9 Å². The number of nitrogens with zero attached hydrogens (tertiary/aromatic N) is 2. The first kappa shape index (κ1) is 15.3. The zero-order chi connectivity index (χ0) is 16.4. The van der Waals surface area contributed by atoms with E-state index in [1.54, 1.807) is 10.6 Å². The maximum atomic E-state index is 13.3. The van der Waals surface area contributed by atoms with E-state index in [0.717, 1.165) is 11.6 Å². The Morgan fingerprint density at radius 3 is 2.96 bits per heavy atom. The van der Waals surface area contributed by atoms with Crippen molar-refractivity contribution in [3.05, 3.63) is 75.8 Å². The fourth-order valence-corrected chi connectivity index (χ4v) is 2.70. The molecule has 1 aromatic carbocycles. The molecule has 0 spiro atoms. The van der Waals surface area contributed by atoms with Gasteiger partial charge in [-0.2, -0.15) is 5.26 Å². The molecule has 6 heteroatoms. The molecule has 0 N–H and O–H groups in total. The van der Waals surface area contributed by atoms with Gasteiger partial charge in [-0.05, 0) is 46.3 Å². The molecule has 0 bridgehead atoms. The van der Waals surface area contributed by atoms with Gasteiger partial charge in [0.1, 0.15) is 18.5 Å². The second-order valence-corrected chi connectivity index (χ2v) is 5.69. The van der Waals surface area contributed by atoms with Crippen LogP contribution in [0.4, 0.5) is 4.39 Å². The molecule has 4 nitrogen and oxygen atoms in total. The summed E-state index contributed by atoms with van der Waals surface area (Å²) in [5.41, 5.74) is 1.90.